The summed E-state index contributed by atoms with van der Waals surface area (Å²) in [6, 6.07) is 3.03. The number of hydrogen-bond donors (Lipinski definition) is 1. The Morgan fingerprint density at radius 2 is 2.15 bits per heavy atom. The van der Waals surface area contributed by atoms with Crippen molar-refractivity contribution in [2.45, 2.75) is 12.3 Å². The number of aliphatic hydroxyl groups excluding tert-OH is 1. The number of rotatable bonds is 2. The highest BCUT2D eigenvalue weighted by atomic mass is 19.4. The van der Waals surface area contributed by atoms with Gasteiger partial charge in [0.05, 0.1) is 6.26 Å². The zero-order chi connectivity index (χ0) is 9.90. The Morgan fingerprint density at radius 1 is 1.46 bits per heavy atom. The summed E-state index contributed by atoms with van der Waals surface area (Å²) in [4.78, 5) is 0. The third-order valence-corrected chi connectivity index (χ3v) is 1.32. The lowest BCUT2D eigenvalue weighted by Gasteiger charge is -2.08. The first kappa shape index (κ1) is 9.85. The fourth-order valence-electron chi connectivity index (χ4n) is 0.681. The molecule has 1 atom stereocenters. The van der Waals surface area contributed by atoms with E-state index in [-0.39, 0.29) is 5.76 Å². The van der Waals surface area contributed by atoms with Crippen LogP contribution < -0.4 is 0 Å². The lowest BCUT2D eigenvalue weighted by atomic mass is 10.3. The van der Waals surface area contributed by atoms with Crippen LogP contribution in [0.5, 0.6) is 0 Å². The predicted molar refractivity (Wildman–Crippen MR) is 39.8 cm³/mol. The summed E-state index contributed by atoms with van der Waals surface area (Å²) < 4.78 is 40.0. The van der Waals surface area contributed by atoms with Crippen molar-refractivity contribution in [1.29, 1.82) is 0 Å². The Bertz CT molecular complexity index is 274. The number of aliphatic hydroxyl groups is 1. The molecule has 2 nitrogen and oxygen atoms in total. The summed E-state index contributed by atoms with van der Waals surface area (Å²) in [5.74, 6) is 0.267. The fraction of sp³-hybridized carbons (Fsp3) is 0.250. The summed E-state index contributed by atoms with van der Waals surface area (Å²) >= 11 is 0. The topological polar surface area (TPSA) is 33.4 Å². The van der Waals surface area contributed by atoms with Crippen molar-refractivity contribution >= 4 is 6.08 Å². The van der Waals surface area contributed by atoms with Gasteiger partial charge in [-0.3, -0.25) is 0 Å². The summed E-state index contributed by atoms with van der Waals surface area (Å²) in [7, 11) is 0. The molecular formula is C8H7F3O2. The van der Waals surface area contributed by atoms with E-state index in [0.717, 1.165) is 6.08 Å². The largest absolute Gasteiger partial charge is 0.465 e. The maximum atomic E-state index is 11.7. The first-order valence-corrected chi connectivity index (χ1v) is 3.46. The second kappa shape index (κ2) is 3.66. The third kappa shape index (κ3) is 2.95. The number of alkyl halides is 3. The predicted octanol–water partition coefficient (Wildman–Crippen LogP) is 2.22. The molecule has 1 aromatic heterocycles. The van der Waals surface area contributed by atoms with Gasteiger partial charge in [-0.25, -0.2) is 0 Å². The molecule has 0 aromatic carbocycles. The second-order valence-corrected chi connectivity index (χ2v) is 2.36. The Morgan fingerprint density at radius 3 is 2.62 bits per heavy atom. The number of halogens is 3. The van der Waals surface area contributed by atoms with E-state index in [1.807, 2.05) is 0 Å². The first-order valence-electron chi connectivity index (χ1n) is 3.46. The summed E-state index contributed by atoms with van der Waals surface area (Å²) in [5, 5.41) is 8.53. The quantitative estimate of drug-likeness (QED) is 0.779. The minimum atomic E-state index is -4.62. The van der Waals surface area contributed by atoms with E-state index in [0.29, 0.717) is 6.08 Å². The van der Waals surface area contributed by atoms with Crippen molar-refractivity contribution < 1.29 is 22.7 Å². The van der Waals surface area contributed by atoms with Crippen LogP contribution in [0.2, 0.25) is 0 Å². The molecule has 1 N–H and O–H groups in total. The van der Waals surface area contributed by atoms with E-state index >= 15 is 0 Å². The van der Waals surface area contributed by atoms with Gasteiger partial charge in [0, 0.05) is 0 Å². The van der Waals surface area contributed by atoms with Crippen molar-refractivity contribution in [3.8, 4) is 0 Å². The lowest BCUT2D eigenvalue weighted by molar-refractivity contribution is -0.187. The van der Waals surface area contributed by atoms with Crippen LogP contribution in [-0.2, 0) is 0 Å². The molecule has 0 fully saturated rings. The zero-order valence-corrected chi connectivity index (χ0v) is 6.45. The Kier molecular flexibility index (Phi) is 2.77. The third-order valence-electron chi connectivity index (χ3n) is 1.32. The molecule has 1 unspecified atom stereocenters. The van der Waals surface area contributed by atoms with Crippen LogP contribution in [-0.4, -0.2) is 17.4 Å². The van der Waals surface area contributed by atoms with Crippen LogP contribution in [0.1, 0.15) is 5.76 Å². The maximum absolute atomic E-state index is 11.7. The van der Waals surface area contributed by atoms with Gasteiger partial charge in [0.1, 0.15) is 5.76 Å². The van der Waals surface area contributed by atoms with Gasteiger partial charge in [0.25, 0.3) is 0 Å². The molecule has 13 heavy (non-hydrogen) atoms. The van der Waals surface area contributed by atoms with Gasteiger partial charge in [-0.1, -0.05) is 0 Å². The molecule has 0 amide bonds. The molecule has 1 rings (SSSR count). The maximum Gasteiger partial charge on any atom is 0.417 e. The van der Waals surface area contributed by atoms with Crippen LogP contribution in [0.3, 0.4) is 0 Å². The number of furan rings is 1. The molecular weight excluding hydrogens is 185 g/mol. The van der Waals surface area contributed by atoms with E-state index in [2.05, 4.69) is 0 Å². The molecule has 1 heterocycles. The van der Waals surface area contributed by atoms with Crippen LogP contribution in [0.4, 0.5) is 13.2 Å². The Balaban J connectivity index is 2.59. The molecule has 0 aliphatic rings. The Labute approximate surface area is 72.3 Å². The van der Waals surface area contributed by atoms with Crippen LogP contribution in [0.15, 0.2) is 28.9 Å². The highest BCUT2D eigenvalue weighted by Gasteiger charge is 2.36. The van der Waals surface area contributed by atoms with Gasteiger partial charge < -0.3 is 9.52 Å². The van der Waals surface area contributed by atoms with E-state index in [1.165, 1.54) is 12.3 Å². The summed E-state index contributed by atoms with van der Waals surface area (Å²) in [5.41, 5.74) is 0. The van der Waals surface area contributed by atoms with Crippen molar-refractivity contribution in [2.75, 3.05) is 0 Å². The normalized spacial score (nSPS) is 15.1. The minimum absolute atomic E-state index is 0.267. The van der Waals surface area contributed by atoms with Gasteiger partial charge in [0.2, 0.25) is 0 Å². The average molecular weight is 192 g/mol. The van der Waals surface area contributed by atoms with Crippen molar-refractivity contribution in [3.63, 3.8) is 0 Å². The van der Waals surface area contributed by atoms with Crippen LogP contribution in [0.25, 0.3) is 6.08 Å². The molecule has 0 aliphatic carbocycles. The van der Waals surface area contributed by atoms with Gasteiger partial charge in [-0.2, -0.15) is 13.2 Å². The standard InChI is InChI=1S/C8H7F3O2/c9-8(10,11)7(12)4-3-6-2-1-5-13-6/h1-5,7,12H/b4-3+. The highest BCUT2D eigenvalue weighted by Crippen LogP contribution is 2.21. The van der Waals surface area contributed by atoms with Crippen molar-refractivity contribution in [2.24, 2.45) is 0 Å². The smallest absolute Gasteiger partial charge is 0.417 e. The van der Waals surface area contributed by atoms with Crippen LogP contribution >= 0.6 is 0 Å². The molecule has 0 spiro atoms. The number of hydrogen-bond acceptors (Lipinski definition) is 2. The zero-order valence-electron chi connectivity index (χ0n) is 6.45. The molecule has 0 aliphatic heterocycles. The van der Waals surface area contributed by atoms with E-state index in [9.17, 15) is 13.2 Å². The molecule has 0 saturated heterocycles. The van der Waals surface area contributed by atoms with Gasteiger partial charge >= 0.3 is 6.18 Å². The fourth-order valence-corrected chi connectivity index (χ4v) is 0.681. The summed E-state index contributed by atoms with van der Waals surface area (Å²) in [6.45, 7) is 0. The minimum Gasteiger partial charge on any atom is -0.465 e. The molecule has 5 heteroatoms. The Hall–Kier alpha value is -1.23. The monoisotopic (exact) mass is 192 g/mol. The molecule has 0 saturated carbocycles. The van der Waals surface area contributed by atoms with Crippen LogP contribution in [0, 0.1) is 0 Å². The van der Waals surface area contributed by atoms with E-state index < -0.39 is 12.3 Å². The van der Waals surface area contributed by atoms with E-state index in [1.54, 1.807) is 6.07 Å². The highest BCUT2D eigenvalue weighted by molar-refractivity contribution is 5.42. The molecule has 1 aromatic rings. The first-order chi connectivity index (χ1) is 6.00. The van der Waals surface area contributed by atoms with Gasteiger partial charge in [-0.05, 0) is 24.3 Å². The lowest BCUT2D eigenvalue weighted by Crippen LogP contribution is -2.25. The van der Waals surface area contributed by atoms with Crippen molar-refractivity contribution in [3.05, 3.63) is 30.2 Å². The molecule has 0 bridgehead atoms. The van der Waals surface area contributed by atoms with E-state index in [4.69, 9.17) is 9.52 Å². The van der Waals surface area contributed by atoms with Gasteiger partial charge in [-0.15, -0.1) is 0 Å². The second-order valence-electron chi connectivity index (χ2n) is 2.36. The molecule has 0 radical (unpaired) electrons. The average Bonchev–Trinajstić information content (AvgIpc) is 2.50. The van der Waals surface area contributed by atoms with Gasteiger partial charge in [0.15, 0.2) is 6.10 Å². The van der Waals surface area contributed by atoms with Crippen molar-refractivity contribution in [1.82, 2.24) is 0 Å². The SMILES string of the molecule is OC(/C=C/c1ccco1)C(F)(F)F. The molecule has 72 valence electrons. The summed E-state index contributed by atoms with van der Waals surface area (Å²) in [6.07, 6.45) is -4.04.